The SMILES string of the molecule is NC(=S)c1cccc(NS(=O)(=O)c2cc(Cl)cc(Cl)c2)c1. The van der Waals surface area contributed by atoms with Gasteiger partial charge in [0.15, 0.2) is 0 Å². The van der Waals surface area contributed by atoms with E-state index in [4.69, 9.17) is 41.2 Å². The molecule has 2 aromatic carbocycles. The number of nitrogens with two attached hydrogens (primary N) is 1. The second-order valence-corrected chi connectivity index (χ2v) is 7.15. The normalized spacial score (nSPS) is 11.1. The van der Waals surface area contributed by atoms with Gasteiger partial charge in [0.05, 0.1) is 4.90 Å². The summed E-state index contributed by atoms with van der Waals surface area (Å²) in [4.78, 5) is 0.155. The third-order valence-corrected chi connectivity index (χ3v) is 4.58. The van der Waals surface area contributed by atoms with Crippen LogP contribution in [0.25, 0.3) is 0 Å². The molecule has 0 saturated heterocycles. The third kappa shape index (κ3) is 4.07. The van der Waals surface area contributed by atoms with Gasteiger partial charge in [-0.05, 0) is 30.3 Å². The Morgan fingerprint density at radius 1 is 1.10 bits per heavy atom. The van der Waals surface area contributed by atoms with E-state index in [1.165, 1.54) is 18.2 Å². The van der Waals surface area contributed by atoms with Crippen LogP contribution in [0.5, 0.6) is 0 Å². The summed E-state index contributed by atoms with van der Waals surface area (Å²) in [5.74, 6) is 0. The zero-order valence-corrected chi connectivity index (χ0v) is 13.7. The molecule has 0 aromatic heterocycles. The third-order valence-electron chi connectivity index (χ3n) is 2.55. The maximum Gasteiger partial charge on any atom is 0.261 e. The Kier molecular flexibility index (Phi) is 4.73. The molecular formula is C13H10Cl2N2O2S2. The van der Waals surface area contributed by atoms with Crippen LogP contribution < -0.4 is 10.5 Å². The van der Waals surface area contributed by atoms with Crippen molar-refractivity contribution in [1.29, 1.82) is 0 Å². The minimum atomic E-state index is -3.80. The van der Waals surface area contributed by atoms with E-state index in [0.29, 0.717) is 11.3 Å². The first-order chi connectivity index (χ1) is 9.78. The molecular weight excluding hydrogens is 351 g/mol. The second-order valence-electron chi connectivity index (χ2n) is 4.16. The van der Waals surface area contributed by atoms with Crippen LogP contribution >= 0.6 is 35.4 Å². The smallest absolute Gasteiger partial charge is 0.261 e. The monoisotopic (exact) mass is 360 g/mol. The maximum atomic E-state index is 12.3. The Bertz CT molecular complexity index is 787. The molecule has 2 rings (SSSR count). The first kappa shape index (κ1) is 16.0. The zero-order chi connectivity index (χ0) is 15.6. The van der Waals surface area contributed by atoms with E-state index in [0.717, 1.165) is 0 Å². The summed E-state index contributed by atoms with van der Waals surface area (Å²) in [5.41, 5.74) is 6.42. The fourth-order valence-electron chi connectivity index (χ4n) is 1.63. The summed E-state index contributed by atoms with van der Waals surface area (Å²) in [6.45, 7) is 0. The summed E-state index contributed by atoms with van der Waals surface area (Å²) in [6.07, 6.45) is 0. The molecule has 0 saturated carbocycles. The van der Waals surface area contributed by atoms with Gasteiger partial charge < -0.3 is 5.73 Å². The van der Waals surface area contributed by atoms with Crippen LogP contribution in [0.15, 0.2) is 47.4 Å². The van der Waals surface area contributed by atoms with Crippen molar-refractivity contribution < 1.29 is 8.42 Å². The Morgan fingerprint density at radius 3 is 2.29 bits per heavy atom. The fraction of sp³-hybridized carbons (Fsp3) is 0. The Labute approximate surface area is 137 Å². The Hall–Kier alpha value is -1.34. The molecule has 0 aliphatic heterocycles. The van der Waals surface area contributed by atoms with Crippen LogP contribution in [0.4, 0.5) is 5.69 Å². The van der Waals surface area contributed by atoms with Crippen LogP contribution in [0.3, 0.4) is 0 Å². The Morgan fingerprint density at radius 2 is 1.71 bits per heavy atom. The molecule has 8 heteroatoms. The van der Waals surface area contributed by atoms with Gasteiger partial charge in [0.1, 0.15) is 4.99 Å². The summed E-state index contributed by atoms with van der Waals surface area (Å²) >= 11 is 16.5. The number of sulfonamides is 1. The predicted octanol–water partition coefficient (Wildman–Crippen LogP) is 3.43. The van der Waals surface area contributed by atoms with Crippen molar-refractivity contribution >= 4 is 56.1 Å². The van der Waals surface area contributed by atoms with Gasteiger partial charge in [0.2, 0.25) is 0 Å². The summed E-state index contributed by atoms with van der Waals surface area (Å²) in [5, 5.41) is 0.472. The van der Waals surface area contributed by atoms with Crippen LogP contribution in [-0.2, 0) is 10.0 Å². The van der Waals surface area contributed by atoms with Gasteiger partial charge in [0.25, 0.3) is 10.0 Å². The molecule has 4 nitrogen and oxygen atoms in total. The molecule has 0 bridgehead atoms. The molecule has 3 N–H and O–H groups in total. The molecule has 0 radical (unpaired) electrons. The van der Waals surface area contributed by atoms with E-state index in [-0.39, 0.29) is 19.9 Å². The van der Waals surface area contributed by atoms with E-state index in [1.807, 2.05) is 0 Å². The molecule has 0 amide bonds. The molecule has 110 valence electrons. The first-order valence-electron chi connectivity index (χ1n) is 5.67. The number of thiocarbonyl (C=S) groups is 1. The summed E-state index contributed by atoms with van der Waals surface area (Å²) in [6, 6.07) is 10.6. The highest BCUT2D eigenvalue weighted by Crippen LogP contribution is 2.24. The number of rotatable bonds is 4. The minimum absolute atomic E-state index is 0.0271. The fourth-order valence-corrected chi connectivity index (χ4v) is 3.54. The van der Waals surface area contributed by atoms with Gasteiger partial charge in [0, 0.05) is 21.3 Å². The number of hydrogen-bond donors (Lipinski definition) is 2. The number of anilines is 1. The molecule has 0 aliphatic rings. The lowest BCUT2D eigenvalue weighted by Crippen LogP contribution is -2.14. The molecule has 0 atom stereocenters. The average Bonchev–Trinajstić information content (AvgIpc) is 2.37. The standard InChI is InChI=1S/C13H10Cl2N2O2S2/c14-9-5-10(15)7-12(6-9)21(18,19)17-11-3-1-2-8(4-11)13(16)20/h1-7,17H,(H2,16,20). The summed E-state index contributed by atoms with van der Waals surface area (Å²) in [7, 11) is -3.80. The largest absolute Gasteiger partial charge is 0.389 e. The van der Waals surface area contributed by atoms with Crippen LogP contribution in [0.1, 0.15) is 5.56 Å². The van der Waals surface area contributed by atoms with Crippen molar-refractivity contribution in [1.82, 2.24) is 0 Å². The highest BCUT2D eigenvalue weighted by molar-refractivity contribution is 7.92. The topological polar surface area (TPSA) is 72.2 Å². The van der Waals surface area contributed by atoms with Crippen molar-refractivity contribution in [3.8, 4) is 0 Å². The van der Waals surface area contributed by atoms with Crippen molar-refractivity contribution in [3.05, 3.63) is 58.1 Å². The number of nitrogens with one attached hydrogen (secondary N) is 1. The van der Waals surface area contributed by atoms with Crippen LogP contribution in [0.2, 0.25) is 10.0 Å². The van der Waals surface area contributed by atoms with E-state index in [2.05, 4.69) is 4.72 Å². The molecule has 0 spiro atoms. The lowest BCUT2D eigenvalue weighted by atomic mass is 10.2. The highest BCUT2D eigenvalue weighted by atomic mass is 35.5. The average molecular weight is 361 g/mol. The van der Waals surface area contributed by atoms with E-state index < -0.39 is 10.0 Å². The van der Waals surface area contributed by atoms with Gasteiger partial charge in [-0.3, -0.25) is 4.72 Å². The lowest BCUT2D eigenvalue weighted by molar-refractivity contribution is 0.601. The molecule has 0 aliphatic carbocycles. The van der Waals surface area contributed by atoms with E-state index in [1.54, 1.807) is 24.3 Å². The lowest BCUT2D eigenvalue weighted by Gasteiger charge is -2.10. The zero-order valence-electron chi connectivity index (χ0n) is 10.5. The highest BCUT2D eigenvalue weighted by Gasteiger charge is 2.16. The van der Waals surface area contributed by atoms with Crippen molar-refractivity contribution in [2.24, 2.45) is 5.73 Å². The van der Waals surface area contributed by atoms with E-state index in [9.17, 15) is 8.42 Å². The van der Waals surface area contributed by atoms with Gasteiger partial charge in [-0.1, -0.05) is 47.6 Å². The van der Waals surface area contributed by atoms with Crippen molar-refractivity contribution in [2.75, 3.05) is 4.72 Å². The molecule has 2 aromatic rings. The molecule has 0 heterocycles. The van der Waals surface area contributed by atoms with Gasteiger partial charge in [-0.25, -0.2) is 8.42 Å². The minimum Gasteiger partial charge on any atom is -0.389 e. The second kappa shape index (κ2) is 6.19. The molecule has 0 unspecified atom stereocenters. The number of benzene rings is 2. The number of hydrogen-bond acceptors (Lipinski definition) is 3. The van der Waals surface area contributed by atoms with E-state index >= 15 is 0 Å². The van der Waals surface area contributed by atoms with Crippen molar-refractivity contribution in [3.63, 3.8) is 0 Å². The number of halogens is 2. The quantitative estimate of drug-likeness (QED) is 0.819. The van der Waals surface area contributed by atoms with Crippen LogP contribution in [-0.4, -0.2) is 13.4 Å². The van der Waals surface area contributed by atoms with Gasteiger partial charge >= 0.3 is 0 Å². The summed E-state index contributed by atoms with van der Waals surface area (Å²) < 4.78 is 27.0. The van der Waals surface area contributed by atoms with Gasteiger partial charge in [-0.15, -0.1) is 0 Å². The van der Waals surface area contributed by atoms with Crippen LogP contribution in [0, 0.1) is 0 Å². The first-order valence-corrected chi connectivity index (χ1v) is 8.31. The molecule has 0 fully saturated rings. The predicted molar refractivity (Wildman–Crippen MR) is 89.6 cm³/mol. The van der Waals surface area contributed by atoms with Crippen molar-refractivity contribution in [2.45, 2.75) is 4.90 Å². The Balaban J connectivity index is 2.37. The van der Waals surface area contributed by atoms with Gasteiger partial charge in [-0.2, -0.15) is 0 Å². The molecule has 21 heavy (non-hydrogen) atoms. The maximum absolute atomic E-state index is 12.3.